The highest BCUT2D eigenvalue weighted by Crippen LogP contribution is 2.12. The van der Waals surface area contributed by atoms with Crippen LogP contribution in [0.25, 0.3) is 0 Å². The van der Waals surface area contributed by atoms with E-state index in [1.165, 1.54) is 0 Å². The number of anilines is 1. The second-order valence-corrected chi connectivity index (χ2v) is 5.59. The maximum absolute atomic E-state index is 5.92. The smallest absolute Gasteiger partial charge is 0.225 e. The Bertz CT molecular complexity index is 341. The van der Waals surface area contributed by atoms with Gasteiger partial charge < -0.3 is 10.6 Å². The molecule has 0 aliphatic heterocycles. The van der Waals surface area contributed by atoms with Crippen LogP contribution >= 0.6 is 11.8 Å². The van der Waals surface area contributed by atoms with Gasteiger partial charge in [-0.1, -0.05) is 6.92 Å². The van der Waals surface area contributed by atoms with Gasteiger partial charge >= 0.3 is 0 Å². The van der Waals surface area contributed by atoms with Crippen LogP contribution in [0.4, 0.5) is 5.95 Å². The third kappa shape index (κ3) is 4.46. The van der Waals surface area contributed by atoms with E-state index in [0.717, 1.165) is 30.1 Å². The Morgan fingerprint density at radius 2 is 2.00 bits per heavy atom. The van der Waals surface area contributed by atoms with Crippen LogP contribution in [-0.4, -0.2) is 41.1 Å². The lowest BCUT2D eigenvalue weighted by Gasteiger charge is -2.24. The predicted octanol–water partition coefficient (Wildman–Crippen LogP) is 1.94. The summed E-state index contributed by atoms with van der Waals surface area (Å²) in [4.78, 5) is 10.9. The molecule has 0 spiro atoms. The summed E-state index contributed by atoms with van der Waals surface area (Å²) in [5.41, 5.74) is 7.03. The molecule has 0 fully saturated rings. The van der Waals surface area contributed by atoms with Gasteiger partial charge in [0.15, 0.2) is 0 Å². The molecule has 0 bridgehead atoms. The zero-order chi connectivity index (χ0) is 13.5. The lowest BCUT2D eigenvalue weighted by molar-refractivity contribution is 0.642. The fraction of sp³-hybridized carbons (Fsp3) is 0.692. The van der Waals surface area contributed by atoms with E-state index in [2.05, 4.69) is 35.0 Å². The summed E-state index contributed by atoms with van der Waals surface area (Å²) < 4.78 is 0. The van der Waals surface area contributed by atoms with Crippen molar-refractivity contribution in [2.75, 3.05) is 24.0 Å². The van der Waals surface area contributed by atoms with Crippen molar-refractivity contribution in [1.29, 1.82) is 0 Å². The number of hydrogen-bond donors (Lipinski definition) is 1. The molecule has 1 aromatic rings. The molecule has 1 aromatic heterocycles. The van der Waals surface area contributed by atoms with Gasteiger partial charge in [0.05, 0.1) is 0 Å². The minimum atomic E-state index is 0.201. The first-order chi connectivity index (χ1) is 8.58. The van der Waals surface area contributed by atoms with E-state index >= 15 is 0 Å². The molecular weight excluding hydrogens is 244 g/mol. The number of hydrogen-bond acceptors (Lipinski definition) is 5. The van der Waals surface area contributed by atoms with Gasteiger partial charge in [-0.25, -0.2) is 9.97 Å². The van der Waals surface area contributed by atoms with Crippen LogP contribution in [0.3, 0.4) is 0 Å². The first-order valence-corrected chi connectivity index (χ1v) is 7.76. The van der Waals surface area contributed by atoms with Crippen LogP contribution in [0.2, 0.25) is 0 Å². The summed E-state index contributed by atoms with van der Waals surface area (Å²) in [6.45, 7) is 4.28. The van der Waals surface area contributed by atoms with E-state index in [0.29, 0.717) is 6.04 Å². The largest absolute Gasteiger partial charge is 0.340 e. The van der Waals surface area contributed by atoms with E-state index < -0.39 is 0 Å². The van der Waals surface area contributed by atoms with Crippen molar-refractivity contribution < 1.29 is 0 Å². The molecule has 102 valence electrons. The number of nitrogens with two attached hydrogens (primary N) is 1. The molecule has 5 heteroatoms. The molecule has 0 amide bonds. The Morgan fingerprint density at radius 1 is 1.39 bits per heavy atom. The number of aromatic nitrogens is 2. The summed E-state index contributed by atoms with van der Waals surface area (Å²) in [5, 5.41) is 0. The molecule has 1 heterocycles. The molecule has 2 N–H and O–H groups in total. The van der Waals surface area contributed by atoms with Crippen molar-refractivity contribution in [3.8, 4) is 0 Å². The molecule has 2 unspecified atom stereocenters. The van der Waals surface area contributed by atoms with Gasteiger partial charge in [-0.3, -0.25) is 0 Å². The van der Waals surface area contributed by atoms with Crippen molar-refractivity contribution in [1.82, 2.24) is 9.97 Å². The molecule has 0 aliphatic carbocycles. The highest BCUT2D eigenvalue weighted by atomic mass is 32.2. The first kappa shape index (κ1) is 15.2. The van der Waals surface area contributed by atoms with Crippen molar-refractivity contribution in [3.63, 3.8) is 0 Å². The maximum Gasteiger partial charge on any atom is 0.225 e. The van der Waals surface area contributed by atoms with Gasteiger partial charge in [0, 0.05) is 37.3 Å². The van der Waals surface area contributed by atoms with E-state index in [1.54, 1.807) is 0 Å². The number of rotatable bonds is 7. The first-order valence-electron chi connectivity index (χ1n) is 6.36. The monoisotopic (exact) mass is 268 g/mol. The summed E-state index contributed by atoms with van der Waals surface area (Å²) in [5.74, 6) is 1.85. The summed E-state index contributed by atoms with van der Waals surface area (Å²) in [6.07, 6.45) is 7.72. The summed E-state index contributed by atoms with van der Waals surface area (Å²) in [6, 6.07) is 0.636. The third-order valence-electron chi connectivity index (χ3n) is 3.10. The Balaban J connectivity index is 2.64. The molecule has 0 aliphatic rings. The highest BCUT2D eigenvalue weighted by Gasteiger charge is 2.12. The topological polar surface area (TPSA) is 55.0 Å². The molecule has 2 atom stereocenters. The summed E-state index contributed by atoms with van der Waals surface area (Å²) in [7, 11) is 2.04. The normalized spacial score (nSPS) is 14.3. The van der Waals surface area contributed by atoms with Crippen LogP contribution in [0.1, 0.15) is 25.8 Å². The zero-order valence-electron chi connectivity index (χ0n) is 11.8. The molecule has 0 radical (unpaired) electrons. The van der Waals surface area contributed by atoms with Gasteiger partial charge in [0.25, 0.3) is 0 Å². The van der Waals surface area contributed by atoms with Crippen LogP contribution in [0, 0.1) is 0 Å². The van der Waals surface area contributed by atoms with Crippen molar-refractivity contribution in [2.24, 2.45) is 5.73 Å². The zero-order valence-corrected chi connectivity index (χ0v) is 12.6. The van der Waals surface area contributed by atoms with Gasteiger partial charge in [-0.05, 0) is 31.6 Å². The van der Waals surface area contributed by atoms with Crippen LogP contribution in [0.5, 0.6) is 0 Å². The fourth-order valence-corrected chi connectivity index (χ4v) is 2.34. The van der Waals surface area contributed by atoms with Crippen molar-refractivity contribution in [3.05, 3.63) is 18.0 Å². The molecule has 18 heavy (non-hydrogen) atoms. The van der Waals surface area contributed by atoms with E-state index in [9.17, 15) is 0 Å². The fourth-order valence-electron chi connectivity index (χ4n) is 1.63. The molecule has 0 aromatic carbocycles. The quantitative estimate of drug-likeness (QED) is 0.819. The van der Waals surface area contributed by atoms with Gasteiger partial charge in [-0.2, -0.15) is 11.8 Å². The highest BCUT2D eigenvalue weighted by molar-refractivity contribution is 7.98. The Kier molecular flexibility index (Phi) is 6.43. The second-order valence-electron chi connectivity index (χ2n) is 4.68. The summed E-state index contributed by atoms with van der Waals surface area (Å²) >= 11 is 1.83. The second kappa shape index (κ2) is 7.59. The number of nitrogens with zero attached hydrogens (tertiary/aromatic N) is 3. The lowest BCUT2D eigenvalue weighted by Crippen LogP contribution is -2.32. The Labute approximate surface area is 114 Å². The van der Waals surface area contributed by atoms with Gasteiger partial charge in [0.2, 0.25) is 5.95 Å². The predicted molar refractivity (Wildman–Crippen MR) is 80.2 cm³/mol. The molecule has 1 rings (SSSR count). The maximum atomic E-state index is 5.92. The van der Waals surface area contributed by atoms with Crippen molar-refractivity contribution in [2.45, 2.75) is 38.8 Å². The number of thioether (sulfide) groups is 1. The van der Waals surface area contributed by atoms with Crippen molar-refractivity contribution >= 4 is 17.7 Å². The average molecular weight is 268 g/mol. The van der Waals surface area contributed by atoms with Gasteiger partial charge in [0.1, 0.15) is 0 Å². The molecule has 0 saturated carbocycles. The van der Waals surface area contributed by atoms with E-state index in [-0.39, 0.29) is 6.04 Å². The molecule has 0 saturated heterocycles. The van der Waals surface area contributed by atoms with Crippen LogP contribution < -0.4 is 10.6 Å². The SMILES string of the molecule is CCC(N)Cc1cnc(N(C)C(C)CSC)nc1. The molecule has 4 nitrogen and oxygen atoms in total. The average Bonchev–Trinajstić information content (AvgIpc) is 2.39. The molecular formula is C13H24N4S. The minimum Gasteiger partial charge on any atom is -0.340 e. The Hall–Kier alpha value is -0.810. The minimum absolute atomic E-state index is 0.201. The Morgan fingerprint density at radius 3 is 2.50 bits per heavy atom. The standard InChI is InChI=1S/C13H24N4S/c1-5-12(14)6-11-7-15-13(16-8-11)17(3)10(2)9-18-4/h7-8,10,12H,5-6,9,14H2,1-4H3. The van der Waals surface area contributed by atoms with E-state index in [1.807, 2.05) is 31.2 Å². The van der Waals surface area contributed by atoms with Crippen LogP contribution in [-0.2, 0) is 6.42 Å². The lowest BCUT2D eigenvalue weighted by atomic mass is 10.1. The third-order valence-corrected chi connectivity index (χ3v) is 3.91. The van der Waals surface area contributed by atoms with Crippen LogP contribution in [0.15, 0.2) is 12.4 Å². The van der Waals surface area contributed by atoms with Gasteiger partial charge in [-0.15, -0.1) is 0 Å². The van der Waals surface area contributed by atoms with E-state index in [4.69, 9.17) is 5.73 Å².